The van der Waals surface area contributed by atoms with E-state index in [9.17, 15) is 9.59 Å². The highest BCUT2D eigenvalue weighted by molar-refractivity contribution is 6.23. The number of nitrogens with zero attached hydrogens (tertiary/aromatic N) is 3. The van der Waals surface area contributed by atoms with Gasteiger partial charge in [0.05, 0.1) is 24.0 Å². The molecule has 3 aromatic carbocycles. The Bertz CT molecular complexity index is 1200. The monoisotopic (exact) mass is 471 g/mol. The molecule has 7 nitrogen and oxygen atoms in total. The predicted octanol–water partition coefficient (Wildman–Crippen LogP) is 4.59. The fourth-order valence-corrected chi connectivity index (χ4v) is 4.69. The van der Waals surface area contributed by atoms with Crippen LogP contribution in [-0.4, -0.2) is 38.6 Å². The van der Waals surface area contributed by atoms with Crippen molar-refractivity contribution < 1.29 is 19.2 Å². The van der Waals surface area contributed by atoms with Crippen LogP contribution in [0, 0.1) is 5.92 Å². The maximum atomic E-state index is 13.7. The van der Waals surface area contributed by atoms with Gasteiger partial charge in [-0.1, -0.05) is 37.3 Å². The van der Waals surface area contributed by atoms with E-state index in [2.05, 4.69) is 0 Å². The van der Waals surface area contributed by atoms with Gasteiger partial charge < -0.3 is 9.64 Å². The lowest BCUT2D eigenvalue weighted by molar-refractivity contribution is -0.126. The van der Waals surface area contributed by atoms with Crippen molar-refractivity contribution in [2.24, 2.45) is 5.92 Å². The second-order valence-corrected chi connectivity index (χ2v) is 9.00. The number of para-hydroxylation sites is 1. The molecule has 0 unspecified atom stereocenters. The smallest absolute Gasteiger partial charge is 0.266 e. The molecule has 35 heavy (non-hydrogen) atoms. The summed E-state index contributed by atoms with van der Waals surface area (Å²) >= 11 is 0. The molecule has 0 bridgehead atoms. The minimum atomic E-state index is -0.891. The summed E-state index contributed by atoms with van der Waals surface area (Å²) in [5, 5.41) is 1.72. The van der Waals surface area contributed by atoms with Crippen molar-refractivity contribution in [1.82, 2.24) is 0 Å². The van der Waals surface area contributed by atoms with Crippen LogP contribution in [0.25, 0.3) is 0 Å². The van der Waals surface area contributed by atoms with Gasteiger partial charge in [-0.2, -0.15) is 0 Å². The van der Waals surface area contributed by atoms with Crippen LogP contribution in [0.3, 0.4) is 0 Å². The molecule has 0 radical (unpaired) electrons. The van der Waals surface area contributed by atoms with Gasteiger partial charge in [-0.05, 0) is 60.5 Å². The summed E-state index contributed by atoms with van der Waals surface area (Å²) in [4.78, 5) is 36.7. The van der Waals surface area contributed by atoms with E-state index in [1.165, 1.54) is 4.90 Å². The van der Waals surface area contributed by atoms with Crippen LogP contribution in [-0.2, 0) is 14.4 Å². The number of anilines is 3. The van der Waals surface area contributed by atoms with Crippen molar-refractivity contribution in [1.29, 1.82) is 0 Å². The topological polar surface area (TPSA) is 62.3 Å². The van der Waals surface area contributed by atoms with Gasteiger partial charge in [-0.3, -0.25) is 14.4 Å². The molecule has 2 aliphatic rings. The van der Waals surface area contributed by atoms with Crippen LogP contribution in [0.1, 0.15) is 24.9 Å². The number of benzene rings is 3. The normalized spacial score (nSPS) is 21.4. The molecule has 2 heterocycles. The van der Waals surface area contributed by atoms with Crippen LogP contribution in [0.5, 0.6) is 5.75 Å². The Labute approximate surface area is 205 Å². The highest BCUT2D eigenvalue weighted by atomic mass is 16.7. The molecule has 2 aliphatic heterocycles. The van der Waals surface area contributed by atoms with Gasteiger partial charge >= 0.3 is 0 Å². The van der Waals surface area contributed by atoms with Gasteiger partial charge in [0.1, 0.15) is 11.7 Å². The van der Waals surface area contributed by atoms with Gasteiger partial charge in [-0.25, -0.2) is 9.96 Å². The fourth-order valence-electron chi connectivity index (χ4n) is 4.69. The zero-order chi connectivity index (χ0) is 24.5. The quantitative estimate of drug-likeness (QED) is 0.470. The number of carbonyl (C=O) groups excluding carboxylic acids is 2. The largest absolute Gasteiger partial charge is 0.494 e. The minimum absolute atomic E-state index is 0.262. The highest BCUT2D eigenvalue weighted by Crippen LogP contribution is 2.47. The number of rotatable bonds is 7. The number of carbonyl (C=O) groups is 2. The average Bonchev–Trinajstić information content (AvgIpc) is 3.39. The number of amides is 2. The third-order valence-electron chi connectivity index (χ3n) is 6.44. The molecule has 2 saturated heterocycles. The maximum Gasteiger partial charge on any atom is 0.266 e. The summed E-state index contributed by atoms with van der Waals surface area (Å²) in [7, 11) is 3.96. The molecule has 3 aromatic rings. The number of ether oxygens (including phenoxy) is 1. The van der Waals surface area contributed by atoms with E-state index in [1.807, 2.05) is 80.5 Å². The number of hydrogen-bond donors (Lipinski definition) is 0. The Hall–Kier alpha value is -3.84. The molecular weight excluding hydrogens is 442 g/mol. The first-order valence-electron chi connectivity index (χ1n) is 11.9. The van der Waals surface area contributed by atoms with Gasteiger partial charge in [0.25, 0.3) is 5.91 Å². The van der Waals surface area contributed by atoms with Gasteiger partial charge in [0.15, 0.2) is 6.10 Å². The van der Waals surface area contributed by atoms with E-state index in [4.69, 9.17) is 9.57 Å². The Kier molecular flexibility index (Phi) is 6.17. The zero-order valence-corrected chi connectivity index (χ0v) is 20.1. The number of imide groups is 1. The summed E-state index contributed by atoms with van der Waals surface area (Å²) in [5.74, 6) is -0.568. The molecule has 0 saturated carbocycles. The first-order valence-corrected chi connectivity index (χ1v) is 11.9. The average molecular weight is 472 g/mol. The maximum absolute atomic E-state index is 13.7. The third-order valence-corrected chi connectivity index (χ3v) is 6.44. The molecular formula is C28H29N3O4. The van der Waals surface area contributed by atoms with E-state index in [0.717, 1.165) is 23.4 Å². The molecule has 2 fully saturated rings. The van der Waals surface area contributed by atoms with Crippen LogP contribution in [0.4, 0.5) is 17.1 Å². The molecule has 2 amide bonds. The minimum Gasteiger partial charge on any atom is -0.494 e. The zero-order valence-electron chi connectivity index (χ0n) is 20.1. The number of hydroxylamine groups is 1. The van der Waals surface area contributed by atoms with E-state index >= 15 is 0 Å². The van der Waals surface area contributed by atoms with E-state index < -0.39 is 18.1 Å². The fraction of sp³-hybridized carbons (Fsp3) is 0.286. The van der Waals surface area contributed by atoms with E-state index in [0.29, 0.717) is 18.0 Å². The summed E-state index contributed by atoms with van der Waals surface area (Å²) < 4.78 is 5.64. The van der Waals surface area contributed by atoms with Crippen molar-refractivity contribution in [3.05, 3.63) is 84.4 Å². The van der Waals surface area contributed by atoms with Crippen LogP contribution < -0.4 is 19.6 Å². The molecule has 0 aromatic heterocycles. The molecule has 5 rings (SSSR count). The predicted molar refractivity (Wildman–Crippen MR) is 136 cm³/mol. The lowest BCUT2D eigenvalue weighted by Gasteiger charge is -2.29. The second kappa shape index (κ2) is 9.43. The molecule has 3 atom stereocenters. The molecule has 0 N–H and O–H groups in total. The van der Waals surface area contributed by atoms with Crippen LogP contribution in [0.2, 0.25) is 0 Å². The molecule has 180 valence electrons. The molecule has 7 heteroatoms. The second-order valence-electron chi connectivity index (χ2n) is 9.00. The highest BCUT2D eigenvalue weighted by Gasteiger charge is 2.60. The van der Waals surface area contributed by atoms with Gasteiger partial charge in [-0.15, -0.1) is 0 Å². The number of hydrogen-bond acceptors (Lipinski definition) is 6. The summed E-state index contributed by atoms with van der Waals surface area (Å²) in [6.07, 6.45) is 0.0117. The van der Waals surface area contributed by atoms with Crippen molar-refractivity contribution in [3.63, 3.8) is 0 Å². The summed E-state index contributed by atoms with van der Waals surface area (Å²) in [6.45, 7) is 2.65. The summed E-state index contributed by atoms with van der Waals surface area (Å²) in [6, 6.07) is 24.3. The SMILES string of the molecule is CCCOc1ccc(N2C(=O)[C@H]3[C@H](ON(c4ccccc4)[C@@H]3c3ccc(N(C)C)cc3)C2=O)cc1. The van der Waals surface area contributed by atoms with Crippen molar-refractivity contribution in [2.75, 3.05) is 35.6 Å². The molecule has 0 spiro atoms. The van der Waals surface area contributed by atoms with Crippen molar-refractivity contribution in [3.8, 4) is 5.75 Å². The van der Waals surface area contributed by atoms with Gasteiger partial charge in [0.2, 0.25) is 5.91 Å². The first-order chi connectivity index (χ1) is 17.0. The standard InChI is InChI=1S/C28H29N3O4/c1-4-18-34-23-16-14-21(15-17-23)30-27(32)24-25(19-10-12-20(13-11-19)29(2)3)31(35-26(24)28(30)33)22-8-6-5-7-9-22/h5-17,24-26H,4,18H2,1-3H3/t24-,25-,26+/m1/s1. The Morgan fingerprint density at radius 2 is 1.54 bits per heavy atom. The molecule has 0 aliphatic carbocycles. The number of fused-ring (bicyclic) bond motifs is 1. The lowest BCUT2D eigenvalue weighted by atomic mass is 9.90. The van der Waals surface area contributed by atoms with Crippen LogP contribution in [0.15, 0.2) is 78.9 Å². The Balaban J connectivity index is 1.49. The van der Waals surface area contributed by atoms with Crippen molar-refractivity contribution in [2.45, 2.75) is 25.5 Å². The first kappa shape index (κ1) is 22.9. The summed E-state index contributed by atoms with van der Waals surface area (Å²) in [5.41, 5.74) is 3.29. The lowest BCUT2D eigenvalue weighted by Crippen LogP contribution is -2.37. The third kappa shape index (κ3) is 4.12. The van der Waals surface area contributed by atoms with E-state index in [1.54, 1.807) is 29.3 Å². The van der Waals surface area contributed by atoms with E-state index in [-0.39, 0.29) is 11.8 Å². The van der Waals surface area contributed by atoms with Crippen LogP contribution >= 0.6 is 0 Å². The van der Waals surface area contributed by atoms with Crippen molar-refractivity contribution >= 4 is 28.9 Å². The Morgan fingerprint density at radius 3 is 2.17 bits per heavy atom. The Morgan fingerprint density at radius 1 is 0.857 bits per heavy atom. The van der Waals surface area contributed by atoms with Gasteiger partial charge in [0, 0.05) is 19.8 Å².